The molecule has 6 heteroatoms. The van der Waals surface area contributed by atoms with Crippen LogP contribution in [0.25, 0.3) is 0 Å². The minimum Gasteiger partial charge on any atom is -0.508 e. The second-order valence-corrected chi connectivity index (χ2v) is 6.10. The average molecular weight is 320 g/mol. The second kappa shape index (κ2) is 6.40. The van der Waals surface area contributed by atoms with Crippen LogP contribution in [-0.2, 0) is 6.42 Å². The van der Waals surface area contributed by atoms with Gasteiger partial charge in [0.2, 0.25) is 0 Å². The van der Waals surface area contributed by atoms with Gasteiger partial charge in [0.25, 0.3) is 5.56 Å². The highest BCUT2D eigenvalue weighted by molar-refractivity contribution is 6.29. The van der Waals surface area contributed by atoms with Gasteiger partial charge in [-0.3, -0.25) is 4.79 Å². The number of nitrogens with zero attached hydrogens (tertiary/aromatic N) is 2. The normalized spacial score (nSPS) is 16.0. The molecule has 1 aliphatic heterocycles. The van der Waals surface area contributed by atoms with Gasteiger partial charge in [-0.15, -0.1) is 0 Å². The lowest BCUT2D eigenvalue weighted by Crippen LogP contribution is -2.37. The summed E-state index contributed by atoms with van der Waals surface area (Å²) in [6.45, 7) is 1.65. The van der Waals surface area contributed by atoms with Crippen molar-refractivity contribution in [2.75, 3.05) is 18.0 Å². The van der Waals surface area contributed by atoms with E-state index in [-0.39, 0.29) is 5.56 Å². The van der Waals surface area contributed by atoms with Crippen LogP contribution in [0.4, 0.5) is 5.69 Å². The van der Waals surface area contributed by atoms with Crippen molar-refractivity contribution >= 4 is 17.3 Å². The van der Waals surface area contributed by atoms with Crippen molar-refractivity contribution in [3.8, 4) is 5.75 Å². The lowest BCUT2D eigenvalue weighted by Gasteiger charge is -2.33. The molecule has 0 unspecified atom stereocenters. The van der Waals surface area contributed by atoms with Crippen molar-refractivity contribution in [1.29, 1.82) is 0 Å². The molecule has 0 atom stereocenters. The van der Waals surface area contributed by atoms with E-state index < -0.39 is 0 Å². The van der Waals surface area contributed by atoms with Crippen molar-refractivity contribution in [2.24, 2.45) is 5.92 Å². The molecular weight excluding hydrogens is 302 g/mol. The van der Waals surface area contributed by atoms with Crippen LogP contribution in [0.1, 0.15) is 18.4 Å². The lowest BCUT2D eigenvalue weighted by molar-refractivity contribution is 0.402. The van der Waals surface area contributed by atoms with E-state index in [1.54, 1.807) is 12.1 Å². The van der Waals surface area contributed by atoms with Gasteiger partial charge in [0.05, 0.1) is 0 Å². The summed E-state index contributed by atoms with van der Waals surface area (Å²) >= 11 is 5.86. The number of H-pyrrole nitrogens is 1. The first-order chi connectivity index (χ1) is 10.6. The molecule has 2 N–H and O–H groups in total. The quantitative estimate of drug-likeness (QED) is 0.912. The number of piperidine rings is 1. The molecule has 1 aliphatic rings. The fourth-order valence-corrected chi connectivity index (χ4v) is 3.15. The highest BCUT2D eigenvalue weighted by atomic mass is 35.5. The van der Waals surface area contributed by atoms with Gasteiger partial charge in [0, 0.05) is 19.2 Å². The molecular formula is C16H18ClN3O2. The Morgan fingerprint density at radius 1 is 1.32 bits per heavy atom. The zero-order valence-electron chi connectivity index (χ0n) is 12.1. The zero-order chi connectivity index (χ0) is 15.5. The molecule has 5 nitrogen and oxygen atoms in total. The number of halogens is 1. The van der Waals surface area contributed by atoms with Gasteiger partial charge in [-0.1, -0.05) is 23.7 Å². The van der Waals surface area contributed by atoms with Crippen LogP contribution in [0.15, 0.2) is 35.1 Å². The van der Waals surface area contributed by atoms with E-state index in [4.69, 9.17) is 11.6 Å². The monoisotopic (exact) mass is 319 g/mol. The average Bonchev–Trinajstić information content (AvgIpc) is 2.51. The maximum Gasteiger partial charge on any atom is 0.287 e. The summed E-state index contributed by atoms with van der Waals surface area (Å²) < 4.78 is 0. The molecule has 0 amide bonds. The summed E-state index contributed by atoms with van der Waals surface area (Å²) in [6, 6.07) is 9.04. The first-order valence-electron chi connectivity index (χ1n) is 7.40. The topological polar surface area (TPSA) is 69.2 Å². The molecule has 2 heterocycles. The highest BCUT2D eigenvalue weighted by Gasteiger charge is 2.21. The predicted molar refractivity (Wildman–Crippen MR) is 86.6 cm³/mol. The first-order valence-corrected chi connectivity index (χ1v) is 7.77. The smallest absolute Gasteiger partial charge is 0.287 e. The van der Waals surface area contributed by atoms with Crippen LogP contribution in [0.2, 0.25) is 5.15 Å². The third-order valence-corrected chi connectivity index (χ3v) is 4.34. The van der Waals surface area contributed by atoms with E-state index in [2.05, 4.69) is 15.1 Å². The van der Waals surface area contributed by atoms with Crippen molar-refractivity contribution in [3.05, 3.63) is 51.4 Å². The van der Waals surface area contributed by atoms with Gasteiger partial charge in [-0.05, 0) is 42.9 Å². The van der Waals surface area contributed by atoms with Gasteiger partial charge in [-0.25, -0.2) is 5.10 Å². The highest BCUT2D eigenvalue weighted by Crippen LogP contribution is 2.25. The number of hydrogen-bond donors (Lipinski definition) is 2. The van der Waals surface area contributed by atoms with Gasteiger partial charge in [-0.2, -0.15) is 5.10 Å². The standard InChI is InChI=1S/C16H18ClN3O2/c17-15-10-14(16(22)19-18-15)20-6-4-11(5-7-20)8-12-2-1-3-13(21)9-12/h1-3,9-11,21H,4-8H2,(H,19,22). The second-order valence-electron chi connectivity index (χ2n) is 5.71. The van der Waals surface area contributed by atoms with Crippen LogP contribution in [0.5, 0.6) is 5.75 Å². The van der Waals surface area contributed by atoms with Crippen molar-refractivity contribution in [1.82, 2.24) is 10.2 Å². The number of hydrogen-bond acceptors (Lipinski definition) is 4. The van der Waals surface area contributed by atoms with Crippen LogP contribution in [0, 0.1) is 5.92 Å². The van der Waals surface area contributed by atoms with Crippen molar-refractivity contribution in [3.63, 3.8) is 0 Å². The van der Waals surface area contributed by atoms with E-state index in [1.165, 1.54) is 0 Å². The number of benzene rings is 1. The maximum atomic E-state index is 11.8. The van der Waals surface area contributed by atoms with Gasteiger partial charge >= 0.3 is 0 Å². The molecule has 0 spiro atoms. The SMILES string of the molecule is O=c1[nH]nc(Cl)cc1N1CCC(Cc2cccc(O)c2)CC1. The Morgan fingerprint density at radius 3 is 2.82 bits per heavy atom. The molecule has 3 rings (SSSR count). The minimum atomic E-state index is -0.198. The van der Waals surface area contributed by atoms with E-state index in [9.17, 15) is 9.90 Å². The molecule has 0 bridgehead atoms. The Hall–Kier alpha value is -2.01. The molecule has 1 fully saturated rings. The number of phenolic OH excluding ortho intramolecular Hbond substituents is 1. The fourth-order valence-electron chi connectivity index (χ4n) is 3.00. The molecule has 1 aromatic heterocycles. The van der Waals surface area contributed by atoms with Crippen LogP contribution in [0.3, 0.4) is 0 Å². The molecule has 0 saturated carbocycles. The number of phenols is 1. The lowest BCUT2D eigenvalue weighted by atomic mass is 9.90. The maximum absolute atomic E-state index is 11.8. The number of nitrogens with one attached hydrogen (secondary N) is 1. The first kappa shape index (κ1) is 14.9. The molecule has 116 valence electrons. The van der Waals surface area contributed by atoms with Crippen molar-refractivity contribution < 1.29 is 5.11 Å². The number of anilines is 1. The van der Waals surface area contributed by atoms with Crippen LogP contribution < -0.4 is 10.5 Å². The van der Waals surface area contributed by atoms with E-state index in [0.717, 1.165) is 37.9 Å². The molecule has 1 aromatic carbocycles. The number of aromatic hydroxyl groups is 1. The molecule has 0 aliphatic carbocycles. The molecule has 1 saturated heterocycles. The number of aromatic nitrogens is 2. The van der Waals surface area contributed by atoms with E-state index >= 15 is 0 Å². The Kier molecular flexibility index (Phi) is 4.34. The summed E-state index contributed by atoms with van der Waals surface area (Å²) in [5, 5.41) is 15.9. The van der Waals surface area contributed by atoms with Gasteiger partial charge < -0.3 is 10.0 Å². The Labute approximate surface area is 133 Å². The van der Waals surface area contributed by atoms with E-state index in [0.29, 0.717) is 22.5 Å². The molecule has 22 heavy (non-hydrogen) atoms. The summed E-state index contributed by atoms with van der Waals surface area (Å²) in [4.78, 5) is 13.9. The van der Waals surface area contributed by atoms with Gasteiger partial charge in [0.15, 0.2) is 5.15 Å². The summed E-state index contributed by atoms with van der Waals surface area (Å²) in [5.41, 5.74) is 1.55. The van der Waals surface area contributed by atoms with Crippen LogP contribution >= 0.6 is 11.6 Å². The molecule has 2 aromatic rings. The Bertz CT molecular complexity index is 709. The third kappa shape index (κ3) is 3.42. The Balaban J connectivity index is 1.63. The largest absolute Gasteiger partial charge is 0.508 e. The summed E-state index contributed by atoms with van der Waals surface area (Å²) in [5.74, 6) is 0.877. The summed E-state index contributed by atoms with van der Waals surface area (Å²) in [7, 11) is 0. The minimum absolute atomic E-state index is 0.198. The predicted octanol–water partition coefficient (Wildman–Crippen LogP) is 2.59. The number of rotatable bonds is 3. The zero-order valence-corrected chi connectivity index (χ0v) is 12.9. The van der Waals surface area contributed by atoms with Crippen LogP contribution in [-0.4, -0.2) is 28.4 Å². The fraction of sp³-hybridized carbons (Fsp3) is 0.375. The molecule has 0 radical (unpaired) electrons. The van der Waals surface area contributed by atoms with Gasteiger partial charge in [0.1, 0.15) is 11.4 Å². The number of aromatic amines is 1. The Morgan fingerprint density at radius 2 is 2.09 bits per heavy atom. The van der Waals surface area contributed by atoms with Crippen molar-refractivity contribution in [2.45, 2.75) is 19.3 Å². The summed E-state index contributed by atoms with van der Waals surface area (Å²) in [6.07, 6.45) is 2.97. The van der Waals surface area contributed by atoms with E-state index in [1.807, 2.05) is 18.2 Å². The third-order valence-electron chi connectivity index (χ3n) is 4.14.